The Bertz CT molecular complexity index is 993. The van der Waals surface area contributed by atoms with Crippen LogP contribution in [0.1, 0.15) is 5.56 Å². The molecule has 0 saturated heterocycles. The van der Waals surface area contributed by atoms with Gasteiger partial charge in [-0.2, -0.15) is 4.72 Å². The Balaban J connectivity index is 1.87. The van der Waals surface area contributed by atoms with Crippen LogP contribution < -0.4 is 4.72 Å². The number of benzene rings is 1. The normalized spacial score (nSPS) is 13.2. The molecule has 0 bridgehead atoms. The second kappa shape index (κ2) is 6.93. The van der Waals surface area contributed by atoms with Crippen LogP contribution in [0.15, 0.2) is 49.8 Å². The van der Waals surface area contributed by atoms with Crippen LogP contribution in [0.3, 0.4) is 0 Å². The highest BCUT2D eigenvalue weighted by molar-refractivity contribution is 9.11. The predicted molar refractivity (Wildman–Crippen MR) is 99.3 cm³/mol. The molecule has 0 saturated carbocycles. The molecular formula is C15H12BrNO4S3. The van der Waals surface area contributed by atoms with Crippen molar-refractivity contribution < 1.29 is 18.3 Å². The molecule has 0 radical (unpaired) electrons. The van der Waals surface area contributed by atoms with Gasteiger partial charge in [-0.1, -0.05) is 18.2 Å². The van der Waals surface area contributed by atoms with Crippen molar-refractivity contribution >= 4 is 64.7 Å². The highest BCUT2D eigenvalue weighted by atomic mass is 79.9. The fraction of sp³-hybridized carbons (Fsp3) is 0.133. The summed E-state index contributed by atoms with van der Waals surface area (Å²) in [5.41, 5.74) is 0.818. The van der Waals surface area contributed by atoms with Crippen LogP contribution in [0.25, 0.3) is 10.1 Å². The number of hydrogen-bond acceptors (Lipinski definition) is 5. The van der Waals surface area contributed by atoms with Gasteiger partial charge in [0.25, 0.3) is 10.0 Å². The molecule has 2 aromatic heterocycles. The van der Waals surface area contributed by atoms with Gasteiger partial charge < -0.3 is 5.11 Å². The summed E-state index contributed by atoms with van der Waals surface area (Å²) >= 11 is 5.75. The molecule has 2 heterocycles. The van der Waals surface area contributed by atoms with Gasteiger partial charge in [-0.3, -0.25) is 4.79 Å². The van der Waals surface area contributed by atoms with E-state index in [0.29, 0.717) is 3.79 Å². The Morgan fingerprint density at radius 3 is 2.67 bits per heavy atom. The van der Waals surface area contributed by atoms with Gasteiger partial charge in [0.1, 0.15) is 10.3 Å². The number of halogens is 1. The number of carboxylic acid groups (broad SMARTS) is 1. The summed E-state index contributed by atoms with van der Waals surface area (Å²) in [6.45, 7) is 0. The molecule has 3 rings (SSSR count). The smallest absolute Gasteiger partial charge is 0.322 e. The fourth-order valence-corrected chi connectivity index (χ4v) is 6.47. The van der Waals surface area contributed by atoms with E-state index in [1.807, 2.05) is 29.6 Å². The first kappa shape index (κ1) is 17.6. The summed E-state index contributed by atoms with van der Waals surface area (Å²) in [7, 11) is -3.88. The monoisotopic (exact) mass is 445 g/mol. The zero-order valence-corrected chi connectivity index (χ0v) is 16.1. The second-order valence-electron chi connectivity index (χ2n) is 5.03. The summed E-state index contributed by atoms with van der Waals surface area (Å²) in [5.74, 6) is -1.20. The summed E-state index contributed by atoms with van der Waals surface area (Å²) in [5, 5.41) is 12.3. The molecule has 0 amide bonds. The minimum Gasteiger partial charge on any atom is -0.480 e. The number of fused-ring (bicyclic) bond motifs is 1. The van der Waals surface area contributed by atoms with Crippen molar-refractivity contribution in [1.82, 2.24) is 4.72 Å². The molecule has 0 aliphatic rings. The zero-order chi connectivity index (χ0) is 17.3. The van der Waals surface area contributed by atoms with Crippen molar-refractivity contribution in [2.75, 3.05) is 0 Å². The van der Waals surface area contributed by atoms with Crippen molar-refractivity contribution in [3.63, 3.8) is 0 Å². The molecule has 0 fully saturated rings. The molecule has 1 atom stereocenters. The molecule has 9 heteroatoms. The van der Waals surface area contributed by atoms with Crippen LogP contribution in [0.4, 0.5) is 0 Å². The number of carbonyl (C=O) groups is 1. The van der Waals surface area contributed by atoms with Crippen LogP contribution in [0.5, 0.6) is 0 Å². The zero-order valence-electron chi connectivity index (χ0n) is 12.1. The first-order valence-electron chi connectivity index (χ1n) is 6.82. The number of hydrogen-bond donors (Lipinski definition) is 2. The molecule has 5 nitrogen and oxygen atoms in total. The van der Waals surface area contributed by atoms with Gasteiger partial charge in [-0.15, -0.1) is 22.7 Å². The Kier molecular flexibility index (Phi) is 5.07. The number of sulfonamides is 1. The molecule has 0 unspecified atom stereocenters. The Morgan fingerprint density at radius 1 is 1.25 bits per heavy atom. The number of nitrogens with one attached hydrogen (secondary N) is 1. The van der Waals surface area contributed by atoms with Crippen molar-refractivity contribution in [2.45, 2.75) is 16.7 Å². The van der Waals surface area contributed by atoms with E-state index >= 15 is 0 Å². The SMILES string of the molecule is O=C(O)[C@@H](Cc1csc2ccccc12)NS(=O)(=O)c1ccc(Br)s1. The van der Waals surface area contributed by atoms with Crippen LogP contribution >= 0.6 is 38.6 Å². The average molecular weight is 446 g/mol. The topological polar surface area (TPSA) is 83.5 Å². The number of carboxylic acids is 1. The van der Waals surface area contributed by atoms with E-state index in [2.05, 4.69) is 20.7 Å². The first-order chi connectivity index (χ1) is 11.4. The van der Waals surface area contributed by atoms with Crippen LogP contribution in [0.2, 0.25) is 0 Å². The van der Waals surface area contributed by atoms with Crippen molar-refractivity contribution in [1.29, 1.82) is 0 Å². The van der Waals surface area contributed by atoms with Crippen LogP contribution in [-0.4, -0.2) is 25.5 Å². The van der Waals surface area contributed by atoms with Crippen LogP contribution in [-0.2, 0) is 21.2 Å². The Hall–Kier alpha value is -1.26. The standard InChI is InChI=1S/C15H12BrNO4S3/c16-13-5-6-14(23-13)24(20,21)17-11(15(18)19)7-9-8-22-12-4-2-1-3-10(9)12/h1-6,8,11,17H,7H2,(H,18,19)/t11-/m1/s1. The van der Waals surface area contributed by atoms with Crippen LogP contribution in [0, 0.1) is 0 Å². The van der Waals surface area contributed by atoms with Gasteiger partial charge in [0.05, 0.1) is 3.79 Å². The van der Waals surface area contributed by atoms with E-state index in [-0.39, 0.29) is 10.6 Å². The maximum absolute atomic E-state index is 12.4. The van der Waals surface area contributed by atoms with Crippen molar-refractivity contribution in [3.05, 3.63) is 51.1 Å². The lowest BCUT2D eigenvalue weighted by molar-refractivity contribution is -0.138. The van der Waals surface area contributed by atoms with E-state index in [9.17, 15) is 18.3 Å². The quantitative estimate of drug-likeness (QED) is 0.605. The Labute approximate surface area is 155 Å². The molecule has 1 aromatic carbocycles. The minimum atomic E-state index is -3.88. The third-order valence-corrected chi connectivity index (χ3v) is 7.99. The summed E-state index contributed by atoms with van der Waals surface area (Å²) in [4.78, 5) is 11.5. The van der Waals surface area contributed by atoms with Gasteiger partial charge in [0.15, 0.2) is 0 Å². The molecular weight excluding hydrogens is 434 g/mol. The third kappa shape index (κ3) is 3.70. The van der Waals surface area contributed by atoms with Gasteiger partial charge in [0, 0.05) is 11.1 Å². The average Bonchev–Trinajstić information content (AvgIpc) is 3.14. The number of thiophene rings is 2. The highest BCUT2D eigenvalue weighted by Gasteiger charge is 2.27. The van der Waals surface area contributed by atoms with E-state index in [0.717, 1.165) is 27.0 Å². The van der Waals surface area contributed by atoms with Crippen molar-refractivity contribution in [2.24, 2.45) is 0 Å². The number of rotatable bonds is 6. The molecule has 126 valence electrons. The second-order valence-corrected chi connectivity index (χ2v) is 10.3. The molecule has 3 aromatic rings. The fourth-order valence-electron chi connectivity index (χ4n) is 2.28. The lowest BCUT2D eigenvalue weighted by atomic mass is 10.1. The molecule has 24 heavy (non-hydrogen) atoms. The van der Waals surface area contributed by atoms with E-state index in [1.54, 1.807) is 6.07 Å². The summed E-state index contributed by atoms with van der Waals surface area (Å²) in [6.07, 6.45) is 0.0884. The first-order valence-corrected chi connectivity index (χ1v) is 10.8. The lowest BCUT2D eigenvalue weighted by Gasteiger charge is -2.13. The molecule has 2 N–H and O–H groups in total. The largest absolute Gasteiger partial charge is 0.480 e. The predicted octanol–water partition coefficient (Wildman–Crippen LogP) is 3.70. The van der Waals surface area contributed by atoms with E-state index in [1.165, 1.54) is 17.4 Å². The summed E-state index contributed by atoms with van der Waals surface area (Å²) in [6, 6.07) is 9.47. The number of aliphatic carboxylic acids is 1. The highest BCUT2D eigenvalue weighted by Crippen LogP contribution is 2.28. The maximum Gasteiger partial charge on any atom is 0.322 e. The summed E-state index contributed by atoms with van der Waals surface area (Å²) < 4.78 is 28.8. The minimum absolute atomic E-state index is 0.0794. The lowest BCUT2D eigenvalue weighted by Crippen LogP contribution is -2.41. The Morgan fingerprint density at radius 2 is 2.00 bits per heavy atom. The van der Waals surface area contributed by atoms with E-state index < -0.39 is 22.0 Å². The van der Waals surface area contributed by atoms with E-state index in [4.69, 9.17) is 0 Å². The van der Waals surface area contributed by atoms with Gasteiger partial charge in [-0.05, 0) is 50.5 Å². The third-order valence-electron chi connectivity index (χ3n) is 3.39. The van der Waals surface area contributed by atoms with Crippen molar-refractivity contribution in [3.8, 4) is 0 Å². The molecule has 0 aliphatic heterocycles. The van der Waals surface area contributed by atoms with Gasteiger partial charge in [0.2, 0.25) is 0 Å². The molecule has 0 aliphatic carbocycles. The molecule has 0 spiro atoms. The maximum atomic E-state index is 12.4. The van der Waals surface area contributed by atoms with Gasteiger partial charge in [-0.25, -0.2) is 8.42 Å². The van der Waals surface area contributed by atoms with Gasteiger partial charge >= 0.3 is 5.97 Å².